The van der Waals surface area contributed by atoms with E-state index >= 15 is 0 Å². The number of rotatable bonds is 3. The molecule has 0 radical (unpaired) electrons. The van der Waals surface area contributed by atoms with Crippen LogP contribution in [-0.4, -0.2) is 20.6 Å². The summed E-state index contributed by atoms with van der Waals surface area (Å²) in [5, 5.41) is 4.35. The van der Waals surface area contributed by atoms with Crippen LogP contribution >= 0.6 is 27.3 Å². The second-order valence-corrected chi connectivity index (χ2v) is 7.56. The van der Waals surface area contributed by atoms with Crippen LogP contribution in [0.1, 0.15) is 12.5 Å². The topological polar surface area (TPSA) is 73.6 Å². The van der Waals surface area contributed by atoms with Crippen molar-refractivity contribution in [2.45, 2.75) is 6.92 Å². The SMILES string of the molecule is CC(=O)Oc1cccc(C=c2sc3nc(-c4ccccc4Br)nn3c2=O)c1. The number of ether oxygens (including phenoxy) is 1. The predicted octanol–water partition coefficient (Wildman–Crippen LogP) is 3.05. The van der Waals surface area contributed by atoms with Crippen LogP contribution < -0.4 is 14.8 Å². The number of hydrogen-bond donors (Lipinski definition) is 0. The number of carbonyl (C=O) groups excluding carboxylic acids is 1. The van der Waals surface area contributed by atoms with Crippen molar-refractivity contribution in [1.82, 2.24) is 14.6 Å². The maximum Gasteiger partial charge on any atom is 0.308 e. The van der Waals surface area contributed by atoms with Crippen LogP contribution in [0.2, 0.25) is 0 Å². The zero-order chi connectivity index (χ0) is 19.0. The Morgan fingerprint density at radius 3 is 2.78 bits per heavy atom. The molecule has 0 aliphatic carbocycles. The number of benzene rings is 2. The van der Waals surface area contributed by atoms with E-state index in [1.807, 2.05) is 30.3 Å². The molecule has 0 saturated carbocycles. The summed E-state index contributed by atoms with van der Waals surface area (Å²) in [5.41, 5.74) is 1.34. The molecule has 0 N–H and O–H groups in total. The Hall–Kier alpha value is -2.84. The van der Waals surface area contributed by atoms with Crippen molar-refractivity contribution in [3.05, 3.63) is 73.5 Å². The van der Waals surface area contributed by atoms with Gasteiger partial charge in [-0.15, -0.1) is 5.10 Å². The molecule has 0 fully saturated rings. The normalized spacial score (nSPS) is 11.9. The van der Waals surface area contributed by atoms with Crippen molar-refractivity contribution in [3.8, 4) is 17.1 Å². The molecule has 8 heteroatoms. The third kappa shape index (κ3) is 3.54. The lowest BCUT2D eigenvalue weighted by Gasteiger charge is -2.01. The summed E-state index contributed by atoms with van der Waals surface area (Å²) >= 11 is 4.73. The Balaban J connectivity index is 1.76. The van der Waals surface area contributed by atoms with Gasteiger partial charge in [0.2, 0.25) is 4.96 Å². The van der Waals surface area contributed by atoms with Crippen molar-refractivity contribution < 1.29 is 9.53 Å². The molecule has 134 valence electrons. The predicted molar refractivity (Wildman–Crippen MR) is 107 cm³/mol. The molecule has 2 aromatic carbocycles. The summed E-state index contributed by atoms with van der Waals surface area (Å²) in [6, 6.07) is 14.6. The van der Waals surface area contributed by atoms with Crippen molar-refractivity contribution in [2.75, 3.05) is 0 Å². The van der Waals surface area contributed by atoms with Gasteiger partial charge in [-0.1, -0.05) is 51.5 Å². The first-order chi connectivity index (χ1) is 13.0. The van der Waals surface area contributed by atoms with Crippen molar-refractivity contribution >= 4 is 44.3 Å². The third-order valence-electron chi connectivity index (χ3n) is 3.71. The number of carbonyl (C=O) groups is 1. The van der Waals surface area contributed by atoms with E-state index in [0.717, 1.165) is 15.6 Å². The smallest absolute Gasteiger partial charge is 0.308 e. The quantitative estimate of drug-likeness (QED) is 0.360. The first kappa shape index (κ1) is 17.6. The first-order valence-electron chi connectivity index (χ1n) is 7.96. The largest absolute Gasteiger partial charge is 0.427 e. The van der Waals surface area contributed by atoms with Crippen LogP contribution in [0, 0.1) is 0 Å². The monoisotopic (exact) mass is 441 g/mol. The minimum Gasteiger partial charge on any atom is -0.427 e. The van der Waals surface area contributed by atoms with Gasteiger partial charge in [0.05, 0.1) is 4.53 Å². The molecule has 2 heterocycles. The van der Waals surface area contributed by atoms with E-state index in [1.165, 1.54) is 22.8 Å². The summed E-state index contributed by atoms with van der Waals surface area (Å²) in [4.78, 5) is 28.8. The number of fused-ring (bicyclic) bond motifs is 1. The van der Waals surface area contributed by atoms with Gasteiger partial charge < -0.3 is 4.74 Å². The molecular formula is C19H12BrN3O3S. The Bertz CT molecular complexity index is 1280. The molecule has 4 aromatic rings. The van der Waals surface area contributed by atoms with Gasteiger partial charge in [0.25, 0.3) is 5.56 Å². The Kier molecular flexibility index (Phi) is 4.59. The van der Waals surface area contributed by atoms with E-state index in [4.69, 9.17) is 4.74 Å². The number of halogens is 1. The molecule has 0 atom stereocenters. The lowest BCUT2D eigenvalue weighted by Crippen LogP contribution is -2.23. The molecule has 4 rings (SSSR count). The Morgan fingerprint density at radius 2 is 2.04 bits per heavy atom. The minimum absolute atomic E-state index is 0.237. The second kappa shape index (κ2) is 7.05. The van der Waals surface area contributed by atoms with E-state index in [2.05, 4.69) is 26.0 Å². The molecule has 27 heavy (non-hydrogen) atoms. The van der Waals surface area contributed by atoms with Crippen LogP contribution in [0.3, 0.4) is 0 Å². The molecular weight excluding hydrogens is 430 g/mol. The fourth-order valence-corrected chi connectivity index (χ4v) is 3.95. The zero-order valence-corrected chi connectivity index (χ0v) is 16.5. The maximum absolute atomic E-state index is 12.7. The lowest BCUT2D eigenvalue weighted by molar-refractivity contribution is -0.131. The maximum atomic E-state index is 12.7. The van der Waals surface area contributed by atoms with E-state index in [0.29, 0.717) is 21.1 Å². The molecule has 0 aliphatic rings. The Morgan fingerprint density at radius 1 is 1.22 bits per heavy atom. The number of esters is 1. The van der Waals surface area contributed by atoms with Gasteiger partial charge in [-0.05, 0) is 35.9 Å². The van der Waals surface area contributed by atoms with Crippen molar-refractivity contribution in [1.29, 1.82) is 0 Å². The summed E-state index contributed by atoms with van der Waals surface area (Å²) in [6.07, 6.45) is 1.73. The molecule has 0 saturated heterocycles. The van der Waals surface area contributed by atoms with E-state index in [1.54, 1.807) is 24.3 Å². The summed E-state index contributed by atoms with van der Waals surface area (Å²) < 4.78 is 7.75. The first-order valence-corrected chi connectivity index (χ1v) is 9.57. The van der Waals surface area contributed by atoms with E-state index in [9.17, 15) is 9.59 Å². The Labute approximate surface area is 165 Å². The standard InChI is InChI=1S/C19H12BrN3O3S/c1-11(24)26-13-6-4-5-12(9-13)10-16-18(25)23-19(27-16)21-17(22-23)14-7-2-3-8-15(14)20/h2-10H,1H3. The van der Waals surface area contributed by atoms with Crippen LogP contribution in [0.25, 0.3) is 22.4 Å². The molecule has 0 amide bonds. The fraction of sp³-hybridized carbons (Fsp3) is 0.0526. The van der Waals surface area contributed by atoms with E-state index < -0.39 is 5.97 Å². The highest BCUT2D eigenvalue weighted by Gasteiger charge is 2.13. The number of nitrogens with zero attached hydrogens (tertiary/aromatic N) is 3. The average molecular weight is 442 g/mol. The summed E-state index contributed by atoms with van der Waals surface area (Å²) in [6.45, 7) is 1.34. The molecule has 0 aliphatic heterocycles. The van der Waals surface area contributed by atoms with Crippen LogP contribution in [0.4, 0.5) is 0 Å². The second-order valence-electron chi connectivity index (χ2n) is 5.69. The molecule has 0 bridgehead atoms. The molecule has 0 unspecified atom stereocenters. The highest BCUT2D eigenvalue weighted by Crippen LogP contribution is 2.25. The van der Waals surface area contributed by atoms with Gasteiger partial charge in [0.15, 0.2) is 5.82 Å². The van der Waals surface area contributed by atoms with E-state index in [-0.39, 0.29) is 5.56 Å². The number of thiazole rings is 1. The minimum atomic E-state index is -0.393. The van der Waals surface area contributed by atoms with Crippen LogP contribution in [0.5, 0.6) is 5.75 Å². The van der Waals surface area contributed by atoms with Gasteiger partial charge >= 0.3 is 5.97 Å². The van der Waals surface area contributed by atoms with Crippen molar-refractivity contribution in [2.24, 2.45) is 0 Å². The van der Waals surface area contributed by atoms with Gasteiger partial charge in [-0.2, -0.15) is 9.50 Å². The van der Waals surface area contributed by atoms with Crippen molar-refractivity contribution in [3.63, 3.8) is 0 Å². The average Bonchev–Trinajstić information content (AvgIpc) is 3.15. The third-order valence-corrected chi connectivity index (χ3v) is 5.36. The number of hydrogen-bond acceptors (Lipinski definition) is 6. The number of aromatic nitrogens is 3. The molecule has 2 aromatic heterocycles. The van der Waals surface area contributed by atoms with Crippen LogP contribution in [-0.2, 0) is 4.79 Å². The van der Waals surface area contributed by atoms with Gasteiger partial charge in [0.1, 0.15) is 5.75 Å². The highest BCUT2D eigenvalue weighted by atomic mass is 79.9. The van der Waals surface area contributed by atoms with Gasteiger partial charge in [-0.3, -0.25) is 9.59 Å². The van der Waals surface area contributed by atoms with Crippen LogP contribution in [0.15, 0.2) is 57.8 Å². The summed E-state index contributed by atoms with van der Waals surface area (Å²) in [5.74, 6) is 0.531. The zero-order valence-electron chi connectivity index (χ0n) is 14.0. The highest BCUT2D eigenvalue weighted by molar-refractivity contribution is 9.10. The molecule has 6 nitrogen and oxygen atoms in total. The van der Waals surface area contributed by atoms with Gasteiger partial charge in [-0.25, -0.2) is 0 Å². The molecule has 0 spiro atoms. The fourth-order valence-electron chi connectivity index (χ4n) is 2.58. The summed E-state index contributed by atoms with van der Waals surface area (Å²) in [7, 11) is 0. The van der Waals surface area contributed by atoms with Gasteiger partial charge in [0, 0.05) is 17.0 Å². The lowest BCUT2D eigenvalue weighted by atomic mass is 10.2.